The molecule has 0 radical (unpaired) electrons. The van der Waals surface area contributed by atoms with Crippen LogP contribution in [0.3, 0.4) is 0 Å². The summed E-state index contributed by atoms with van der Waals surface area (Å²) in [4.78, 5) is 43.3. The molecule has 1 spiro atoms. The standard InChI is InChI=1S/C30H30N4O4/c1-18(2)34-27-22(17-31-34)15-30(16-25(27)35)9-11-33(12-10-30)28(36)24-14-20-6-4-8-23(26(20)32-24)19-5-3-7-21(13-19)29(37)38/h3-8,13-14,17-18,32H,9-12,15-16H2,1-2H3,(H,37,38). The lowest BCUT2D eigenvalue weighted by Crippen LogP contribution is -2.46. The number of carboxylic acids is 1. The van der Waals surface area contributed by atoms with Crippen molar-refractivity contribution in [1.82, 2.24) is 19.7 Å². The molecule has 2 aliphatic rings. The Hall–Kier alpha value is -4.20. The van der Waals surface area contributed by atoms with Crippen molar-refractivity contribution >= 4 is 28.6 Å². The van der Waals surface area contributed by atoms with E-state index in [2.05, 4.69) is 10.1 Å². The van der Waals surface area contributed by atoms with E-state index in [1.165, 1.54) is 0 Å². The molecule has 0 unspecified atom stereocenters. The van der Waals surface area contributed by atoms with E-state index in [0.29, 0.717) is 25.2 Å². The number of carbonyl (C=O) groups excluding carboxylic acids is 2. The highest BCUT2D eigenvalue weighted by Crippen LogP contribution is 2.44. The second kappa shape index (κ2) is 8.97. The summed E-state index contributed by atoms with van der Waals surface area (Å²) in [7, 11) is 0. The fraction of sp³-hybridized carbons (Fsp3) is 0.333. The molecule has 1 aliphatic heterocycles. The molecule has 8 nitrogen and oxygen atoms in total. The van der Waals surface area contributed by atoms with Gasteiger partial charge in [-0.15, -0.1) is 0 Å². The fourth-order valence-corrected chi connectivity index (χ4v) is 6.16. The van der Waals surface area contributed by atoms with Crippen LogP contribution in [-0.2, 0) is 6.42 Å². The summed E-state index contributed by atoms with van der Waals surface area (Å²) < 4.78 is 1.84. The number of aromatic carboxylic acids is 1. The average molecular weight is 511 g/mol. The molecule has 6 rings (SSSR count). The van der Waals surface area contributed by atoms with E-state index >= 15 is 0 Å². The van der Waals surface area contributed by atoms with Gasteiger partial charge in [0.25, 0.3) is 5.91 Å². The quantitative estimate of drug-likeness (QED) is 0.384. The summed E-state index contributed by atoms with van der Waals surface area (Å²) >= 11 is 0. The number of fused-ring (bicyclic) bond motifs is 2. The summed E-state index contributed by atoms with van der Waals surface area (Å²) in [6.07, 6.45) is 4.74. The molecule has 1 aliphatic carbocycles. The van der Waals surface area contributed by atoms with Crippen LogP contribution in [0.1, 0.15) is 76.1 Å². The number of piperidine rings is 1. The van der Waals surface area contributed by atoms with Crippen molar-refractivity contribution in [2.45, 2.75) is 45.6 Å². The summed E-state index contributed by atoms with van der Waals surface area (Å²) in [5, 5.41) is 14.8. The van der Waals surface area contributed by atoms with E-state index in [-0.39, 0.29) is 28.7 Å². The second-order valence-corrected chi connectivity index (χ2v) is 11.0. The number of Topliss-reactive ketones (excluding diaryl/α,β-unsaturated/α-hetero) is 1. The van der Waals surface area contributed by atoms with Gasteiger partial charge >= 0.3 is 5.97 Å². The van der Waals surface area contributed by atoms with Crippen LogP contribution in [0.5, 0.6) is 0 Å². The first kappa shape index (κ1) is 24.2. The highest BCUT2D eigenvalue weighted by molar-refractivity contribution is 6.03. The molecule has 0 bridgehead atoms. The zero-order chi connectivity index (χ0) is 26.6. The molecule has 2 aromatic heterocycles. The summed E-state index contributed by atoms with van der Waals surface area (Å²) in [6.45, 7) is 5.27. The molecular weight excluding hydrogens is 480 g/mol. The third kappa shape index (κ3) is 4.00. The van der Waals surface area contributed by atoms with Gasteiger partial charge in [-0.05, 0) is 62.3 Å². The van der Waals surface area contributed by atoms with E-state index in [1.54, 1.807) is 18.2 Å². The monoisotopic (exact) mass is 510 g/mol. The van der Waals surface area contributed by atoms with Gasteiger partial charge in [0.05, 0.1) is 17.3 Å². The number of nitrogens with one attached hydrogen (secondary N) is 1. The largest absolute Gasteiger partial charge is 0.478 e. The average Bonchev–Trinajstić information content (AvgIpc) is 3.53. The number of rotatable bonds is 4. The van der Waals surface area contributed by atoms with Crippen LogP contribution >= 0.6 is 0 Å². The number of hydrogen-bond donors (Lipinski definition) is 2. The molecule has 8 heteroatoms. The van der Waals surface area contributed by atoms with E-state index in [9.17, 15) is 19.5 Å². The molecule has 4 aromatic rings. The molecule has 1 amide bonds. The number of aromatic amines is 1. The Morgan fingerprint density at radius 3 is 2.55 bits per heavy atom. The number of H-pyrrole nitrogens is 1. The van der Waals surface area contributed by atoms with Crippen molar-refractivity contribution < 1.29 is 19.5 Å². The van der Waals surface area contributed by atoms with Gasteiger partial charge < -0.3 is 15.0 Å². The molecule has 0 saturated carbocycles. The molecule has 0 atom stereocenters. The smallest absolute Gasteiger partial charge is 0.335 e. The SMILES string of the molecule is CC(C)n1ncc2c1C(=O)CC1(CCN(C(=O)c3cc4cccc(-c5cccc(C(=O)O)c5)c4[nH]3)CC1)C2. The Morgan fingerprint density at radius 1 is 1.05 bits per heavy atom. The third-order valence-electron chi connectivity index (χ3n) is 8.14. The number of aromatic nitrogens is 3. The minimum atomic E-state index is -0.978. The topological polar surface area (TPSA) is 108 Å². The zero-order valence-corrected chi connectivity index (χ0v) is 21.5. The molecule has 1 saturated heterocycles. The number of ketones is 1. The molecule has 2 N–H and O–H groups in total. The van der Waals surface area contributed by atoms with Gasteiger partial charge in [0.2, 0.25) is 0 Å². The summed E-state index contributed by atoms with van der Waals surface area (Å²) in [5.74, 6) is -0.877. The van der Waals surface area contributed by atoms with Crippen molar-refractivity contribution in [3.8, 4) is 11.1 Å². The minimum Gasteiger partial charge on any atom is -0.478 e. The van der Waals surface area contributed by atoms with Crippen LogP contribution in [0.15, 0.2) is 54.7 Å². The highest BCUT2D eigenvalue weighted by atomic mass is 16.4. The highest BCUT2D eigenvalue weighted by Gasteiger charge is 2.43. The number of amides is 1. The number of carboxylic acid groups (broad SMARTS) is 1. The lowest BCUT2D eigenvalue weighted by molar-refractivity contribution is 0.0513. The van der Waals surface area contributed by atoms with Crippen molar-refractivity contribution in [2.24, 2.45) is 5.41 Å². The van der Waals surface area contributed by atoms with Crippen molar-refractivity contribution in [3.05, 3.63) is 77.2 Å². The van der Waals surface area contributed by atoms with Crippen LogP contribution in [0.2, 0.25) is 0 Å². The van der Waals surface area contributed by atoms with E-state index in [1.807, 2.05) is 60.0 Å². The van der Waals surface area contributed by atoms with Gasteiger partial charge in [-0.2, -0.15) is 5.10 Å². The van der Waals surface area contributed by atoms with Crippen molar-refractivity contribution in [3.63, 3.8) is 0 Å². The van der Waals surface area contributed by atoms with Gasteiger partial charge in [0.15, 0.2) is 5.78 Å². The maximum absolute atomic E-state index is 13.5. The number of nitrogens with zero attached hydrogens (tertiary/aromatic N) is 3. The van der Waals surface area contributed by atoms with Gasteiger partial charge in [-0.25, -0.2) is 4.79 Å². The zero-order valence-electron chi connectivity index (χ0n) is 21.5. The van der Waals surface area contributed by atoms with E-state index in [0.717, 1.165) is 52.5 Å². The third-order valence-corrected chi connectivity index (χ3v) is 8.14. The first-order valence-corrected chi connectivity index (χ1v) is 13.1. The Bertz CT molecular complexity index is 1590. The fourth-order valence-electron chi connectivity index (χ4n) is 6.16. The molecular formula is C30H30N4O4. The maximum Gasteiger partial charge on any atom is 0.335 e. The van der Waals surface area contributed by atoms with Crippen molar-refractivity contribution in [2.75, 3.05) is 13.1 Å². The predicted molar refractivity (Wildman–Crippen MR) is 144 cm³/mol. The molecule has 194 valence electrons. The van der Waals surface area contributed by atoms with E-state index in [4.69, 9.17) is 0 Å². The van der Waals surface area contributed by atoms with Gasteiger partial charge in [0.1, 0.15) is 11.4 Å². The first-order valence-electron chi connectivity index (χ1n) is 13.1. The van der Waals surface area contributed by atoms with Gasteiger partial charge in [-0.3, -0.25) is 14.3 Å². The van der Waals surface area contributed by atoms with Crippen molar-refractivity contribution in [1.29, 1.82) is 0 Å². The number of para-hydroxylation sites is 1. The summed E-state index contributed by atoms with van der Waals surface area (Å²) in [6, 6.07) is 14.6. The Balaban J connectivity index is 1.21. The second-order valence-electron chi connectivity index (χ2n) is 11.0. The predicted octanol–water partition coefficient (Wildman–Crippen LogP) is 5.36. The lowest BCUT2D eigenvalue weighted by Gasteiger charge is -2.43. The van der Waals surface area contributed by atoms with Gasteiger partial charge in [-0.1, -0.05) is 30.3 Å². The van der Waals surface area contributed by atoms with Crippen LogP contribution < -0.4 is 0 Å². The van der Waals surface area contributed by atoms with Crippen LogP contribution in [0.25, 0.3) is 22.0 Å². The Kier molecular flexibility index (Phi) is 5.70. The molecule has 38 heavy (non-hydrogen) atoms. The van der Waals surface area contributed by atoms with Gasteiger partial charge in [0, 0.05) is 42.1 Å². The van der Waals surface area contributed by atoms with E-state index < -0.39 is 5.97 Å². The summed E-state index contributed by atoms with van der Waals surface area (Å²) in [5.41, 5.74) is 4.83. The maximum atomic E-state index is 13.5. The van der Waals surface area contributed by atoms with Crippen LogP contribution in [0, 0.1) is 5.41 Å². The lowest BCUT2D eigenvalue weighted by atomic mass is 9.67. The normalized spacial score (nSPS) is 16.8. The first-order chi connectivity index (χ1) is 18.2. The van der Waals surface area contributed by atoms with Crippen LogP contribution in [-0.4, -0.2) is 55.5 Å². The Labute approximate surface area is 220 Å². The number of benzene rings is 2. The number of hydrogen-bond acceptors (Lipinski definition) is 4. The Morgan fingerprint density at radius 2 is 1.82 bits per heavy atom. The molecule has 3 heterocycles. The number of carbonyl (C=O) groups is 3. The molecule has 1 fully saturated rings. The molecule has 2 aromatic carbocycles. The van der Waals surface area contributed by atoms with Crippen LogP contribution in [0.4, 0.5) is 0 Å². The number of likely N-dealkylation sites (tertiary alicyclic amines) is 1. The minimum absolute atomic E-state index is 0.0586.